The molecule has 2 rings (SSSR count). The van der Waals surface area contributed by atoms with Crippen LogP contribution in [-0.4, -0.2) is 33.7 Å². The molecular weight excluding hydrogens is 246 g/mol. The highest BCUT2D eigenvalue weighted by molar-refractivity contribution is 5.71. The third-order valence-electron chi connectivity index (χ3n) is 3.58. The van der Waals surface area contributed by atoms with Gasteiger partial charge in [0.25, 0.3) is 5.56 Å². The van der Waals surface area contributed by atoms with Crippen molar-refractivity contribution in [3.63, 3.8) is 0 Å². The lowest BCUT2D eigenvalue weighted by atomic mass is 9.99. The molecule has 0 bridgehead atoms. The van der Waals surface area contributed by atoms with Gasteiger partial charge < -0.3 is 10.0 Å². The summed E-state index contributed by atoms with van der Waals surface area (Å²) >= 11 is 0. The molecule has 0 spiro atoms. The van der Waals surface area contributed by atoms with Crippen LogP contribution in [0, 0.1) is 5.92 Å². The topological polar surface area (TPSA) is 75.4 Å². The van der Waals surface area contributed by atoms with Crippen molar-refractivity contribution < 1.29 is 9.90 Å². The molecule has 0 aromatic carbocycles. The Morgan fingerprint density at radius 1 is 1.58 bits per heavy atom. The minimum absolute atomic E-state index is 0.0979. The molecule has 1 aromatic heterocycles. The number of hydrogen-bond donors (Lipinski definition) is 1. The predicted octanol–water partition coefficient (Wildman–Crippen LogP) is 0.644. The molecule has 104 valence electrons. The smallest absolute Gasteiger partial charge is 0.308 e. The van der Waals surface area contributed by atoms with Gasteiger partial charge in [-0.3, -0.25) is 14.2 Å². The number of carboxylic acids is 1. The van der Waals surface area contributed by atoms with Crippen LogP contribution in [-0.2, 0) is 18.3 Å². The number of aryl methyl sites for hydroxylation is 1. The fourth-order valence-corrected chi connectivity index (χ4v) is 2.40. The van der Waals surface area contributed by atoms with Gasteiger partial charge >= 0.3 is 5.97 Å². The Morgan fingerprint density at radius 2 is 2.32 bits per heavy atom. The number of rotatable bonds is 3. The molecule has 0 radical (unpaired) electrons. The first-order valence-corrected chi connectivity index (χ1v) is 6.57. The molecular formula is C13H19N3O3. The number of aliphatic carboxylic acids is 1. The molecule has 6 heteroatoms. The van der Waals surface area contributed by atoms with Crippen molar-refractivity contribution in [1.29, 1.82) is 0 Å². The fraction of sp³-hybridized carbons (Fsp3) is 0.615. The summed E-state index contributed by atoms with van der Waals surface area (Å²) in [4.78, 5) is 29.3. The molecule has 1 N–H and O–H groups in total. The SMILES string of the molecule is CCc1cc(=O)n(C)c(N2CCC[C@@H](C(=O)O)C2)n1. The van der Waals surface area contributed by atoms with Gasteiger partial charge in [0.15, 0.2) is 0 Å². The van der Waals surface area contributed by atoms with Crippen molar-refractivity contribution >= 4 is 11.9 Å². The average molecular weight is 265 g/mol. The van der Waals surface area contributed by atoms with Crippen molar-refractivity contribution in [1.82, 2.24) is 9.55 Å². The van der Waals surface area contributed by atoms with E-state index in [9.17, 15) is 9.59 Å². The third-order valence-corrected chi connectivity index (χ3v) is 3.58. The van der Waals surface area contributed by atoms with Crippen molar-refractivity contribution in [2.75, 3.05) is 18.0 Å². The molecule has 1 saturated heterocycles. The van der Waals surface area contributed by atoms with Crippen LogP contribution in [0.2, 0.25) is 0 Å². The Kier molecular flexibility index (Phi) is 3.87. The first-order valence-electron chi connectivity index (χ1n) is 6.57. The predicted molar refractivity (Wildman–Crippen MR) is 71.4 cm³/mol. The summed E-state index contributed by atoms with van der Waals surface area (Å²) in [6, 6.07) is 1.53. The van der Waals surface area contributed by atoms with Gasteiger partial charge in [0.1, 0.15) is 0 Å². The minimum Gasteiger partial charge on any atom is -0.481 e. The highest BCUT2D eigenvalue weighted by Crippen LogP contribution is 2.21. The summed E-state index contributed by atoms with van der Waals surface area (Å²) in [5.41, 5.74) is 0.648. The molecule has 0 unspecified atom stereocenters. The number of hydrogen-bond acceptors (Lipinski definition) is 4. The standard InChI is InChI=1S/C13H19N3O3/c1-3-10-7-11(17)15(2)13(14-10)16-6-4-5-9(8-16)12(18)19/h7,9H,3-6,8H2,1-2H3,(H,18,19)/t9-/m1/s1. The van der Waals surface area contributed by atoms with Crippen molar-refractivity contribution in [3.05, 3.63) is 22.1 Å². The summed E-state index contributed by atoms with van der Waals surface area (Å²) < 4.78 is 1.49. The maximum Gasteiger partial charge on any atom is 0.308 e. The first kappa shape index (κ1) is 13.6. The first-order chi connectivity index (χ1) is 9.02. The van der Waals surface area contributed by atoms with Crippen LogP contribution in [0.15, 0.2) is 10.9 Å². The molecule has 19 heavy (non-hydrogen) atoms. The maximum absolute atomic E-state index is 11.9. The van der Waals surface area contributed by atoms with Gasteiger partial charge in [-0.05, 0) is 19.3 Å². The van der Waals surface area contributed by atoms with Crippen LogP contribution in [0.1, 0.15) is 25.5 Å². The molecule has 1 aromatic rings. The second-order valence-electron chi connectivity index (χ2n) is 4.92. The van der Waals surface area contributed by atoms with Crippen LogP contribution < -0.4 is 10.5 Å². The molecule has 2 heterocycles. The Labute approximate surface area is 111 Å². The monoisotopic (exact) mass is 265 g/mol. The van der Waals surface area contributed by atoms with E-state index in [1.54, 1.807) is 7.05 Å². The molecule has 0 amide bonds. The second kappa shape index (κ2) is 5.42. The molecule has 1 aliphatic rings. The second-order valence-corrected chi connectivity index (χ2v) is 4.92. The normalized spacial score (nSPS) is 19.5. The zero-order valence-corrected chi connectivity index (χ0v) is 11.3. The number of carboxylic acid groups (broad SMARTS) is 1. The van der Waals surface area contributed by atoms with Crippen molar-refractivity contribution in [2.45, 2.75) is 26.2 Å². The number of aromatic nitrogens is 2. The van der Waals surface area contributed by atoms with Gasteiger partial charge in [-0.1, -0.05) is 6.92 Å². The molecule has 6 nitrogen and oxygen atoms in total. The lowest BCUT2D eigenvalue weighted by molar-refractivity contribution is -0.141. The quantitative estimate of drug-likeness (QED) is 0.868. The highest BCUT2D eigenvalue weighted by atomic mass is 16.4. The summed E-state index contributed by atoms with van der Waals surface area (Å²) in [6.45, 7) is 3.11. The van der Waals surface area contributed by atoms with Crippen LogP contribution in [0.25, 0.3) is 0 Å². The number of piperidine rings is 1. The van der Waals surface area contributed by atoms with E-state index in [0.717, 1.165) is 18.7 Å². The van der Waals surface area contributed by atoms with E-state index in [4.69, 9.17) is 5.11 Å². The van der Waals surface area contributed by atoms with Crippen LogP contribution in [0.4, 0.5) is 5.95 Å². The molecule has 1 aliphatic heterocycles. The number of nitrogens with zero attached hydrogens (tertiary/aromatic N) is 3. The lowest BCUT2D eigenvalue weighted by Crippen LogP contribution is -2.42. The van der Waals surface area contributed by atoms with E-state index in [0.29, 0.717) is 25.3 Å². The van der Waals surface area contributed by atoms with Crippen molar-refractivity contribution in [3.8, 4) is 0 Å². The van der Waals surface area contributed by atoms with Crippen LogP contribution in [0.3, 0.4) is 0 Å². The zero-order chi connectivity index (χ0) is 14.0. The Morgan fingerprint density at radius 3 is 2.95 bits per heavy atom. The third kappa shape index (κ3) is 2.77. The van der Waals surface area contributed by atoms with E-state index in [1.165, 1.54) is 10.6 Å². The van der Waals surface area contributed by atoms with E-state index < -0.39 is 5.97 Å². The number of anilines is 1. The van der Waals surface area contributed by atoms with Crippen molar-refractivity contribution in [2.24, 2.45) is 13.0 Å². The maximum atomic E-state index is 11.9. The average Bonchev–Trinajstić information content (AvgIpc) is 2.41. The molecule has 1 atom stereocenters. The molecule has 1 fully saturated rings. The van der Waals surface area contributed by atoms with Gasteiger partial charge in [-0.25, -0.2) is 4.98 Å². The van der Waals surface area contributed by atoms with Gasteiger partial charge in [-0.2, -0.15) is 0 Å². The zero-order valence-electron chi connectivity index (χ0n) is 11.3. The molecule has 0 aliphatic carbocycles. The Bertz CT molecular complexity index is 538. The number of carbonyl (C=O) groups is 1. The fourth-order valence-electron chi connectivity index (χ4n) is 2.40. The van der Waals surface area contributed by atoms with E-state index in [2.05, 4.69) is 4.98 Å². The largest absolute Gasteiger partial charge is 0.481 e. The lowest BCUT2D eigenvalue weighted by Gasteiger charge is -2.32. The van der Waals surface area contributed by atoms with E-state index in [1.807, 2.05) is 11.8 Å². The van der Waals surface area contributed by atoms with Crippen LogP contribution >= 0.6 is 0 Å². The van der Waals surface area contributed by atoms with Gasteiger partial charge in [0.2, 0.25) is 5.95 Å². The minimum atomic E-state index is -0.777. The summed E-state index contributed by atoms with van der Waals surface area (Å²) in [7, 11) is 1.68. The summed E-state index contributed by atoms with van der Waals surface area (Å²) in [6.07, 6.45) is 2.19. The Balaban J connectivity index is 2.33. The molecule has 0 saturated carbocycles. The summed E-state index contributed by atoms with van der Waals surface area (Å²) in [5, 5.41) is 9.11. The van der Waals surface area contributed by atoms with Gasteiger partial charge in [0, 0.05) is 31.9 Å². The van der Waals surface area contributed by atoms with E-state index in [-0.39, 0.29) is 11.5 Å². The van der Waals surface area contributed by atoms with Crippen LogP contribution in [0.5, 0.6) is 0 Å². The van der Waals surface area contributed by atoms with Gasteiger partial charge in [-0.15, -0.1) is 0 Å². The van der Waals surface area contributed by atoms with Gasteiger partial charge in [0.05, 0.1) is 5.92 Å². The Hall–Kier alpha value is -1.85. The highest BCUT2D eigenvalue weighted by Gasteiger charge is 2.27. The summed E-state index contributed by atoms with van der Waals surface area (Å²) in [5.74, 6) is -0.576. The van der Waals surface area contributed by atoms with E-state index >= 15 is 0 Å².